The van der Waals surface area contributed by atoms with E-state index in [0.29, 0.717) is 5.92 Å². The zero-order valence-corrected chi connectivity index (χ0v) is 18.1. The molecule has 2 aliphatic heterocycles. The summed E-state index contributed by atoms with van der Waals surface area (Å²) in [6.07, 6.45) is 6.50. The largest absolute Gasteiger partial charge is 0.384 e. The predicted molar refractivity (Wildman–Crippen MR) is 112 cm³/mol. The van der Waals surface area contributed by atoms with Gasteiger partial charge in [0.15, 0.2) is 5.96 Å². The van der Waals surface area contributed by atoms with Crippen molar-refractivity contribution in [2.75, 3.05) is 53.0 Å². The first-order valence-electron chi connectivity index (χ1n) is 9.50. The normalized spacial score (nSPS) is 25.6. The number of likely N-dealkylation sites (tertiary alicyclic amines) is 2. The van der Waals surface area contributed by atoms with Crippen LogP contribution in [0, 0.1) is 5.92 Å². The Morgan fingerprint density at radius 3 is 2.79 bits per heavy atom. The maximum atomic E-state index is 5.30. The SMILES string of the molecule is CCNC(=NCCCN1CCCCC1C)N1CCC(COC)C1.I. The van der Waals surface area contributed by atoms with Crippen molar-refractivity contribution in [2.24, 2.45) is 10.9 Å². The molecule has 0 bridgehead atoms. The van der Waals surface area contributed by atoms with Crippen LogP contribution < -0.4 is 5.32 Å². The van der Waals surface area contributed by atoms with Crippen LogP contribution in [0.25, 0.3) is 0 Å². The highest BCUT2D eigenvalue weighted by atomic mass is 127. The molecule has 142 valence electrons. The van der Waals surface area contributed by atoms with E-state index < -0.39 is 0 Å². The predicted octanol–water partition coefficient (Wildman–Crippen LogP) is 2.80. The zero-order valence-electron chi connectivity index (χ0n) is 15.8. The highest BCUT2D eigenvalue weighted by Gasteiger charge is 2.24. The van der Waals surface area contributed by atoms with Crippen molar-refractivity contribution in [3.63, 3.8) is 0 Å². The summed E-state index contributed by atoms with van der Waals surface area (Å²) in [4.78, 5) is 9.90. The molecule has 2 rings (SSSR count). The molecule has 0 aromatic heterocycles. The van der Waals surface area contributed by atoms with Crippen molar-refractivity contribution in [3.05, 3.63) is 0 Å². The van der Waals surface area contributed by atoms with Crippen LogP contribution in [0.5, 0.6) is 0 Å². The Bertz CT molecular complexity index is 367. The lowest BCUT2D eigenvalue weighted by Crippen LogP contribution is -2.41. The van der Waals surface area contributed by atoms with Gasteiger partial charge in [-0.1, -0.05) is 6.42 Å². The number of halogens is 1. The number of ether oxygens (including phenoxy) is 1. The van der Waals surface area contributed by atoms with Crippen LogP contribution in [-0.2, 0) is 4.74 Å². The van der Waals surface area contributed by atoms with Gasteiger partial charge < -0.3 is 19.9 Å². The summed E-state index contributed by atoms with van der Waals surface area (Å²) in [5.41, 5.74) is 0. The minimum absolute atomic E-state index is 0. The summed E-state index contributed by atoms with van der Waals surface area (Å²) < 4.78 is 5.30. The monoisotopic (exact) mass is 452 g/mol. The Hall–Kier alpha value is -0.0800. The first-order chi connectivity index (χ1) is 11.2. The zero-order chi connectivity index (χ0) is 16.5. The van der Waals surface area contributed by atoms with E-state index in [9.17, 15) is 0 Å². The Balaban J connectivity index is 0.00000288. The van der Waals surface area contributed by atoms with Crippen molar-refractivity contribution in [1.29, 1.82) is 0 Å². The maximum absolute atomic E-state index is 5.30. The average molecular weight is 452 g/mol. The van der Waals surface area contributed by atoms with Gasteiger partial charge in [-0.05, 0) is 46.1 Å². The second kappa shape index (κ2) is 12.3. The molecule has 2 fully saturated rings. The highest BCUT2D eigenvalue weighted by Crippen LogP contribution is 2.17. The van der Waals surface area contributed by atoms with Gasteiger partial charge >= 0.3 is 0 Å². The molecule has 0 spiro atoms. The molecular weight excluding hydrogens is 415 g/mol. The fraction of sp³-hybridized carbons (Fsp3) is 0.944. The van der Waals surface area contributed by atoms with Crippen LogP contribution in [0.3, 0.4) is 0 Å². The van der Waals surface area contributed by atoms with Gasteiger partial charge in [-0.15, -0.1) is 24.0 Å². The minimum Gasteiger partial charge on any atom is -0.384 e. The van der Waals surface area contributed by atoms with E-state index in [0.717, 1.165) is 51.2 Å². The molecule has 2 atom stereocenters. The molecular formula is C18H37IN4O. The Morgan fingerprint density at radius 1 is 1.25 bits per heavy atom. The third-order valence-electron chi connectivity index (χ3n) is 5.13. The molecule has 0 aliphatic carbocycles. The lowest BCUT2D eigenvalue weighted by atomic mass is 10.0. The third-order valence-corrected chi connectivity index (χ3v) is 5.13. The molecule has 5 nitrogen and oxygen atoms in total. The molecule has 6 heteroatoms. The third kappa shape index (κ3) is 7.04. The topological polar surface area (TPSA) is 40.1 Å². The number of hydrogen-bond acceptors (Lipinski definition) is 3. The number of aliphatic imine (C=N–C) groups is 1. The summed E-state index contributed by atoms with van der Waals surface area (Å²) in [6.45, 7) is 11.9. The van der Waals surface area contributed by atoms with E-state index in [-0.39, 0.29) is 24.0 Å². The highest BCUT2D eigenvalue weighted by molar-refractivity contribution is 14.0. The molecule has 0 saturated carbocycles. The Kier molecular flexibility index (Phi) is 11.3. The van der Waals surface area contributed by atoms with Gasteiger partial charge in [-0.2, -0.15) is 0 Å². The second-order valence-electron chi connectivity index (χ2n) is 7.03. The van der Waals surface area contributed by atoms with Crippen molar-refractivity contribution in [2.45, 2.75) is 52.0 Å². The Morgan fingerprint density at radius 2 is 2.08 bits per heavy atom. The van der Waals surface area contributed by atoms with Gasteiger partial charge in [0.25, 0.3) is 0 Å². The van der Waals surface area contributed by atoms with Gasteiger partial charge in [-0.3, -0.25) is 4.99 Å². The van der Waals surface area contributed by atoms with E-state index in [2.05, 4.69) is 29.0 Å². The smallest absolute Gasteiger partial charge is 0.193 e. The fourth-order valence-electron chi connectivity index (χ4n) is 3.77. The van der Waals surface area contributed by atoms with Crippen LogP contribution in [0.2, 0.25) is 0 Å². The summed E-state index contributed by atoms with van der Waals surface area (Å²) in [7, 11) is 1.80. The second-order valence-corrected chi connectivity index (χ2v) is 7.03. The van der Waals surface area contributed by atoms with Crippen LogP contribution in [0.1, 0.15) is 46.0 Å². The molecule has 0 aromatic rings. The Labute approximate surface area is 165 Å². The number of nitrogens with zero attached hydrogens (tertiary/aromatic N) is 3. The molecule has 2 saturated heterocycles. The van der Waals surface area contributed by atoms with Gasteiger partial charge in [0.2, 0.25) is 0 Å². The van der Waals surface area contributed by atoms with Crippen LogP contribution >= 0.6 is 24.0 Å². The number of hydrogen-bond donors (Lipinski definition) is 1. The summed E-state index contributed by atoms with van der Waals surface area (Å²) in [5, 5.41) is 3.46. The van der Waals surface area contributed by atoms with Gasteiger partial charge in [-0.25, -0.2) is 0 Å². The molecule has 24 heavy (non-hydrogen) atoms. The van der Waals surface area contributed by atoms with Crippen LogP contribution in [0.4, 0.5) is 0 Å². The summed E-state index contributed by atoms with van der Waals surface area (Å²) in [5.74, 6) is 1.75. The van der Waals surface area contributed by atoms with Crippen molar-refractivity contribution < 1.29 is 4.74 Å². The molecule has 2 heterocycles. The van der Waals surface area contributed by atoms with Gasteiger partial charge in [0.05, 0.1) is 6.61 Å². The summed E-state index contributed by atoms with van der Waals surface area (Å²) in [6, 6.07) is 0.759. The lowest BCUT2D eigenvalue weighted by Gasteiger charge is -2.33. The van der Waals surface area contributed by atoms with Gasteiger partial charge in [0, 0.05) is 51.8 Å². The van der Waals surface area contributed by atoms with Crippen molar-refractivity contribution in [1.82, 2.24) is 15.1 Å². The molecule has 0 amide bonds. The van der Waals surface area contributed by atoms with Crippen molar-refractivity contribution >= 4 is 29.9 Å². The molecule has 1 N–H and O–H groups in total. The first kappa shape index (κ1) is 22.0. The molecule has 0 radical (unpaired) electrons. The lowest BCUT2D eigenvalue weighted by molar-refractivity contribution is 0.157. The number of nitrogens with one attached hydrogen (secondary N) is 1. The van der Waals surface area contributed by atoms with Crippen LogP contribution in [-0.4, -0.2) is 74.8 Å². The molecule has 2 unspecified atom stereocenters. The number of piperidine rings is 1. The molecule has 2 aliphatic rings. The van der Waals surface area contributed by atoms with Gasteiger partial charge in [0.1, 0.15) is 0 Å². The first-order valence-corrected chi connectivity index (χ1v) is 9.50. The van der Waals surface area contributed by atoms with E-state index in [1.165, 1.54) is 38.8 Å². The van der Waals surface area contributed by atoms with Crippen LogP contribution in [0.15, 0.2) is 4.99 Å². The number of methoxy groups -OCH3 is 1. The standard InChI is InChI=1S/C18H36N4O.HI/c1-4-19-18(22-13-9-17(14-22)15-23-3)20-10-7-12-21-11-6-5-8-16(21)2;/h16-17H,4-15H2,1-3H3,(H,19,20);1H. The van der Waals surface area contributed by atoms with E-state index >= 15 is 0 Å². The van der Waals surface area contributed by atoms with Crippen molar-refractivity contribution in [3.8, 4) is 0 Å². The average Bonchev–Trinajstić information content (AvgIpc) is 3.01. The van der Waals surface area contributed by atoms with E-state index in [1.807, 2.05) is 0 Å². The fourth-order valence-corrected chi connectivity index (χ4v) is 3.77. The minimum atomic E-state index is 0. The number of guanidine groups is 1. The van der Waals surface area contributed by atoms with E-state index in [4.69, 9.17) is 9.73 Å². The quantitative estimate of drug-likeness (QED) is 0.279. The summed E-state index contributed by atoms with van der Waals surface area (Å²) >= 11 is 0. The van der Waals surface area contributed by atoms with E-state index in [1.54, 1.807) is 7.11 Å². The maximum Gasteiger partial charge on any atom is 0.193 e. The molecule has 0 aromatic carbocycles. The number of rotatable bonds is 7.